The van der Waals surface area contributed by atoms with Crippen LogP contribution in [0.25, 0.3) is 0 Å². The van der Waals surface area contributed by atoms with E-state index in [1.54, 1.807) is 0 Å². The molecule has 1 atom stereocenters. The average molecular weight is 342 g/mol. The van der Waals surface area contributed by atoms with E-state index in [-0.39, 0.29) is 0 Å². The molecule has 4 heteroatoms. The molecule has 1 N–H and O–H groups in total. The van der Waals surface area contributed by atoms with Crippen LogP contribution in [0.1, 0.15) is 46.1 Å². The maximum absolute atomic E-state index is 4.62. The highest BCUT2D eigenvalue weighted by Gasteiger charge is 2.16. The van der Waals surface area contributed by atoms with E-state index in [4.69, 9.17) is 0 Å². The van der Waals surface area contributed by atoms with Crippen molar-refractivity contribution in [3.05, 3.63) is 22.3 Å². The summed E-state index contributed by atoms with van der Waals surface area (Å²) >= 11 is 3.52. The van der Waals surface area contributed by atoms with Gasteiger partial charge in [-0.1, -0.05) is 20.8 Å². The van der Waals surface area contributed by atoms with Crippen molar-refractivity contribution >= 4 is 21.7 Å². The van der Waals surface area contributed by atoms with Gasteiger partial charge in [0, 0.05) is 35.9 Å². The molecule has 0 aromatic carbocycles. The summed E-state index contributed by atoms with van der Waals surface area (Å²) in [4.78, 5) is 6.93. The van der Waals surface area contributed by atoms with Crippen molar-refractivity contribution in [1.29, 1.82) is 0 Å². The Balaban J connectivity index is 2.86. The Morgan fingerprint density at radius 1 is 1.35 bits per heavy atom. The first kappa shape index (κ1) is 17.4. The van der Waals surface area contributed by atoms with E-state index in [0.29, 0.717) is 12.0 Å². The van der Waals surface area contributed by atoms with Crippen molar-refractivity contribution in [2.45, 2.75) is 53.1 Å². The van der Waals surface area contributed by atoms with Crippen molar-refractivity contribution in [3.63, 3.8) is 0 Å². The zero-order valence-electron chi connectivity index (χ0n) is 13.4. The van der Waals surface area contributed by atoms with Crippen molar-refractivity contribution in [2.75, 3.05) is 18.5 Å². The maximum Gasteiger partial charge on any atom is 0.133 e. The Kier molecular flexibility index (Phi) is 7.52. The Hall–Kier alpha value is -0.610. The van der Waals surface area contributed by atoms with Gasteiger partial charge in [0.15, 0.2) is 0 Å². The molecule has 0 aliphatic rings. The van der Waals surface area contributed by atoms with Gasteiger partial charge in [0.25, 0.3) is 0 Å². The fourth-order valence-corrected chi connectivity index (χ4v) is 2.75. The first-order valence-corrected chi connectivity index (χ1v) is 8.33. The van der Waals surface area contributed by atoms with Crippen molar-refractivity contribution in [2.24, 2.45) is 5.92 Å². The maximum atomic E-state index is 4.62. The van der Waals surface area contributed by atoms with Crippen LogP contribution in [0.3, 0.4) is 0 Å². The highest BCUT2D eigenvalue weighted by molar-refractivity contribution is 9.10. The minimum absolute atomic E-state index is 0.494. The van der Waals surface area contributed by atoms with Gasteiger partial charge in [-0.2, -0.15) is 0 Å². The van der Waals surface area contributed by atoms with Gasteiger partial charge in [-0.3, -0.25) is 0 Å². The molecule has 20 heavy (non-hydrogen) atoms. The van der Waals surface area contributed by atoms with Gasteiger partial charge in [-0.05, 0) is 54.2 Å². The number of anilines is 1. The fraction of sp³-hybridized carbons (Fsp3) is 0.688. The van der Waals surface area contributed by atoms with E-state index in [1.165, 1.54) is 12.0 Å². The average Bonchev–Trinajstić information content (AvgIpc) is 2.37. The molecule has 0 saturated heterocycles. The van der Waals surface area contributed by atoms with Crippen LogP contribution in [-0.4, -0.2) is 24.6 Å². The summed E-state index contributed by atoms with van der Waals surface area (Å²) in [5, 5.41) is 3.47. The van der Waals surface area contributed by atoms with Crippen molar-refractivity contribution in [1.82, 2.24) is 10.3 Å². The highest BCUT2D eigenvalue weighted by atomic mass is 79.9. The number of nitrogens with one attached hydrogen (secondary N) is 1. The molecule has 1 rings (SSSR count). The van der Waals surface area contributed by atoms with E-state index < -0.39 is 0 Å². The summed E-state index contributed by atoms with van der Waals surface area (Å²) in [7, 11) is 2.15. The molecule has 1 heterocycles. The van der Waals surface area contributed by atoms with Gasteiger partial charge in [-0.25, -0.2) is 4.98 Å². The van der Waals surface area contributed by atoms with Crippen molar-refractivity contribution < 1.29 is 0 Å². The molecular weight excluding hydrogens is 314 g/mol. The minimum Gasteiger partial charge on any atom is -0.357 e. The number of hydrogen-bond donors (Lipinski definition) is 1. The Bertz CT molecular complexity index is 407. The van der Waals surface area contributed by atoms with Crippen LogP contribution in [0.15, 0.2) is 16.7 Å². The number of aromatic nitrogens is 1. The molecule has 0 radical (unpaired) electrons. The van der Waals surface area contributed by atoms with Gasteiger partial charge in [0.2, 0.25) is 0 Å². The van der Waals surface area contributed by atoms with Crippen LogP contribution in [0.4, 0.5) is 5.82 Å². The first-order valence-electron chi connectivity index (χ1n) is 7.53. The molecule has 0 aliphatic heterocycles. The van der Waals surface area contributed by atoms with E-state index in [9.17, 15) is 0 Å². The summed E-state index contributed by atoms with van der Waals surface area (Å²) in [6.07, 6.45) is 4.21. The largest absolute Gasteiger partial charge is 0.357 e. The summed E-state index contributed by atoms with van der Waals surface area (Å²) in [5.41, 5.74) is 1.26. The Morgan fingerprint density at radius 2 is 2.05 bits per heavy atom. The van der Waals surface area contributed by atoms with Gasteiger partial charge >= 0.3 is 0 Å². The SMILES string of the molecule is CCCNCc1cc(Br)cnc1N(C)C(C)CC(C)C. The van der Waals surface area contributed by atoms with Crippen LogP contribution in [-0.2, 0) is 6.54 Å². The zero-order chi connectivity index (χ0) is 15.1. The smallest absolute Gasteiger partial charge is 0.133 e. The van der Waals surface area contributed by atoms with E-state index in [0.717, 1.165) is 29.8 Å². The molecule has 0 saturated carbocycles. The topological polar surface area (TPSA) is 28.2 Å². The van der Waals surface area contributed by atoms with E-state index >= 15 is 0 Å². The minimum atomic E-state index is 0.494. The second kappa shape index (κ2) is 8.63. The monoisotopic (exact) mass is 341 g/mol. The van der Waals surface area contributed by atoms with Crippen LogP contribution in [0.5, 0.6) is 0 Å². The standard InChI is InChI=1S/C16H28BrN3/c1-6-7-18-10-14-9-15(17)11-19-16(14)20(5)13(4)8-12(2)3/h9,11-13,18H,6-8,10H2,1-5H3. The van der Waals surface area contributed by atoms with Crippen LogP contribution in [0, 0.1) is 5.92 Å². The molecule has 114 valence electrons. The quantitative estimate of drug-likeness (QED) is 0.717. The lowest BCUT2D eigenvalue weighted by molar-refractivity contribution is 0.500. The summed E-state index contributed by atoms with van der Waals surface area (Å²) in [5.74, 6) is 1.79. The second-order valence-electron chi connectivity index (χ2n) is 5.90. The summed E-state index contributed by atoms with van der Waals surface area (Å²) < 4.78 is 1.04. The zero-order valence-corrected chi connectivity index (χ0v) is 15.0. The van der Waals surface area contributed by atoms with Gasteiger partial charge in [-0.15, -0.1) is 0 Å². The first-order chi connectivity index (χ1) is 9.45. The van der Waals surface area contributed by atoms with Crippen LogP contribution < -0.4 is 10.2 Å². The molecule has 0 spiro atoms. The molecule has 1 unspecified atom stereocenters. The predicted molar refractivity (Wildman–Crippen MR) is 91.3 cm³/mol. The van der Waals surface area contributed by atoms with Gasteiger partial charge in [0.1, 0.15) is 5.82 Å². The number of rotatable bonds is 8. The van der Waals surface area contributed by atoms with Gasteiger partial charge in [0.05, 0.1) is 0 Å². The molecule has 0 bridgehead atoms. The third-order valence-corrected chi connectivity index (χ3v) is 3.89. The molecule has 0 amide bonds. The molecule has 3 nitrogen and oxygen atoms in total. The predicted octanol–water partition coefficient (Wildman–Crippen LogP) is 4.21. The Morgan fingerprint density at radius 3 is 2.65 bits per heavy atom. The molecule has 0 fully saturated rings. The summed E-state index contributed by atoms with van der Waals surface area (Å²) in [6.45, 7) is 10.9. The van der Waals surface area contributed by atoms with Crippen LogP contribution in [0.2, 0.25) is 0 Å². The normalized spacial score (nSPS) is 12.8. The molecule has 1 aromatic heterocycles. The van der Waals surface area contributed by atoms with Gasteiger partial charge < -0.3 is 10.2 Å². The third-order valence-electron chi connectivity index (χ3n) is 3.46. The van der Waals surface area contributed by atoms with Crippen LogP contribution >= 0.6 is 15.9 Å². The Labute approximate surface area is 132 Å². The highest BCUT2D eigenvalue weighted by Crippen LogP contribution is 2.24. The lowest BCUT2D eigenvalue weighted by Crippen LogP contribution is -2.32. The molecule has 1 aromatic rings. The molecule has 0 aliphatic carbocycles. The number of halogens is 1. The van der Waals surface area contributed by atoms with Crippen molar-refractivity contribution in [3.8, 4) is 0 Å². The number of pyridine rings is 1. The third kappa shape index (κ3) is 5.41. The number of hydrogen-bond acceptors (Lipinski definition) is 3. The summed E-state index contributed by atoms with van der Waals surface area (Å²) in [6, 6.07) is 2.66. The van der Waals surface area contributed by atoms with E-state index in [2.05, 4.69) is 71.9 Å². The molecular formula is C16H28BrN3. The fourth-order valence-electron chi connectivity index (χ4n) is 2.37. The number of nitrogens with zero attached hydrogens (tertiary/aromatic N) is 2. The lowest BCUT2D eigenvalue weighted by atomic mass is 10.0. The lowest BCUT2D eigenvalue weighted by Gasteiger charge is -2.29. The second-order valence-corrected chi connectivity index (χ2v) is 6.82. The van der Waals surface area contributed by atoms with E-state index in [1.807, 2.05) is 6.20 Å².